The molecule has 1 aliphatic heterocycles. The van der Waals surface area contributed by atoms with Crippen LogP contribution in [0.3, 0.4) is 0 Å². The molecular weight excluding hydrogens is 480 g/mol. The maximum Gasteiger partial charge on any atom is 0.254 e. The number of carbonyl (C=O) groups excluding carboxylic acids is 3. The molecule has 3 rings (SSSR count). The third-order valence-corrected chi connectivity index (χ3v) is 7.11. The van der Waals surface area contributed by atoms with Crippen LogP contribution in [0.25, 0.3) is 10.8 Å². The summed E-state index contributed by atoms with van der Waals surface area (Å²) < 4.78 is 5.37. The smallest absolute Gasteiger partial charge is 0.254 e. The largest absolute Gasteiger partial charge is 0.369 e. The van der Waals surface area contributed by atoms with Gasteiger partial charge in [0.15, 0.2) is 0 Å². The van der Waals surface area contributed by atoms with Gasteiger partial charge in [0.25, 0.3) is 5.91 Å². The van der Waals surface area contributed by atoms with Gasteiger partial charge >= 0.3 is 0 Å². The summed E-state index contributed by atoms with van der Waals surface area (Å²) >= 11 is 0. The van der Waals surface area contributed by atoms with Crippen LogP contribution >= 0.6 is 0 Å². The molecule has 0 bridgehead atoms. The van der Waals surface area contributed by atoms with Crippen molar-refractivity contribution in [3.05, 3.63) is 48.0 Å². The van der Waals surface area contributed by atoms with Gasteiger partial charge in [-0.25, -0.2) is 0 Å². The van der Waals surface area contributed by atoms with Gasteiger partial charge in [-0.1, -0.05) is 56.3 Å². The molecule has 38 heavy (non-hydrogen) atoms. The zero-order chi connectivity index (χ0) is 27.7. The third kappa shape index (κ3) is 8.01. The van der Waals surface area contributed by atoms with Crippen molar-refractivity contribution in [3.8, 4) is 0 Å². The van der Waals surface area contributed by atoms with E-state index in [0.29, 0.717) is 31.8 Å². The van der Waals surface area contributed by atoms with Crippen molar-refractivity contribution < 1.29 is 19.1 Å². The van der Waals surface area contributed by atoms with Crippen molar-refractivity contribution in [3.63, 3.8) is 0 Å². The topological polar surface area (TPSA) is 99.8 Å². The Morgan fingerprint density at radius 3 is 2.53 bits per heavy atom. The number of hydrogen-bond donors (Lipinski definition) is 3. The minimum atomic E-state index is -1.02. The van der Waals surface area contributed by atoms with Gasteiger partial charge in [0, 0.05) is 26.6 Å². The van der Waals surface area contributed by atoms with Crippen molar-refractivity contribution in [1.82, 2.24) is 20.9 Å². The lowest BCUT2D eigenvalue weighted by atomic mass is 10.0. The minimum absolute atomic E-state index is 0.219. The number of fused-ring (bicyclic) bond motifs is 1. The molecule has 8 nitrogen and oxygen atoms in total. The molecule has 1 heterocycles. The second kappa shape index (κ2) is 13.7. The SMILES string of the molecule is COC(C)(C)C(=O)N1CCCC1C(=O)N[C@H](Cc1ccc2ccccc2c1)C(=O)NCCCNCC(C)C. The molecule has 208 valence electrons. The van der Waals surface area contributed by atoms with E-state index in [4.69, 9.17) is 4.74 Å². The first-order chi connectivity index (χ1) is 18.1. The monoisotopic (exact) mass is 524 g/mol. The van der Waals surface area contributed by atoms with Crippen molar-refractivity contribution >= 4 is 28.5 Å². The average Bonchev–Trinajstić information content (AvgIpc) is 3.39. The van der Waals surface area contributed by atoms with E-state index in [0.717, 1.165) is 42.3 Å². The lowest BCUT2D eigenvalue weighted by Gasteiger charge is -2.32. The van der Waals surface area contributed by atoms with Crippen molar-refractivity contribution in [2.24, 2.45) is 5.92 Å². The van der Waals surface area contributed by atoms with Crippen LogP contribution in [0.15, 0.2) is 42.5 Å². The summed E-state index contributed by atoms with van der Waals surface area (Å²) in [6, 6.07) is 12.8. The molecule has 1 fully saturated rings. The standard InChI is InChI=1S/C30H44N4O4/c1-21(2)20-31-15-9-16-32-27(35)25(19-22-13-14-23-10-6-7-11-24(23)18-22)33-28(36)26-12-8-17-34(26)29(37)30(3,4)38-5/h6-7,10-11,13-14,18,21,25-26,31H,8-9,12,15-17,19-20H2,1-5H3,(H,32,35)(H,33,36)/t25-,26?/m1/s1. The lowest BCUT2D eigenvalue weighted by molar-refractivity contribution is -0.154. The first-order valence-corrected chi connectivity index (χ1v) is 13.7. The zero-order valence-electron chi connectivity index (χ0n) is 23.5. The van der Waals surface area contributed by atoms with Crippen molar-refractivity contribution in [2.75, 3.05) is 33.3 Å². The Bertz CT molecular complexity index is 1100. The van der Waals surface area contributed by atoms with E-state index in [2.05, 4.69) is 35.9 Å². The summed E-state index contributed by atoms with van der Waals surface area (Å²) in [5.41, 5.74) is -0.0587. The number of ether oxygens (including phenoxy) is 1. The third-order valence-electron chi connectivity index (χ3n) is 7.11. The van der Waals surface area contributed by atoms with Crippen LogP contribution in [0.4, 0.5) is 0 Å². The minimum Gasteiger partial charge on any atom is -0.369 e. The molecule has 0 spiro atoms. The number of nitrogens with one attached hydrogen (secondary N) is 3. The molecule has 3 amide bonds. The van der Waals surface area contributed by atoms with Gasteiger partial charge in [-0.05, 0) is 68.5 Å². The number of amides is 3. The molecule has 1 saturated heterocycles. The maximum atomic E-state index is 13.4. The quantitative estimate of drug-likeness (QED) is 0.350. The van der Waals surface area contributed by atoms with Crippen LogP contribution in [0, 0.1) is 5.92 Å². The predicted molar refractivity (Wildman–Crippen MR) is 151 cm³/mol. The van der Waals surface area contributed by atoms with E-state index in [-0.39, 0.29) is 17.7 Å². The molecule has 2 atom stereocenters. The number of nitrogens with zero attached hydrogens (tertiary/aromatic N) is 1. The molecule has 0 aromatic heterocycles. The van der Waals surface area contributed by atoms with E-state index in [1.54, 1.807) is 18.7 Å². The van der Waals surface area contributed by atoms with Gasteiger partial charge < -0.3 is 25.6 Å². The number of likely N-dealkylation sites (tertiary alicyclic amines) is 1. The highest BCUT2D eigenvalue weighted by Gasteiger charge is 2.41. The van der Waals surface area contributed by atoms with Crippen LogP contribution < -0.4 is 16.0 Å². The summed E-state index contributed by atoms with van der Waals surface area (Å²) in [5.74, 6) is -0.171. The summed E-state index contributed by atoms with van der Waals surface area (Å²) in [6.07, 6.45) is 2.45. The van der Waals surface area contributed by atoms with Crippen molar-refractivity contribution in [1.29, 1.82) is 0 Å². The number of hydrogen-bond acceptors (Lipinski definition) is 5. The van der Waals surface area contributed by atoms with Gasteiger partial charge in [0.1, 0.15) is 17.7 Å². The average molecular weight is 525 g/mol. The normalized spacial score (nSPS) is 16.6. The highest BCUT2D eigenvalue weighted by Crippen LogP contribution is 2.23. The second-order valence-electron chi connectivity index (χ2n) is 11.1. The van der Waals surface area contributed by atoms with Gasteiger partial charge in [-0.3, -0.25) is 14.4 Å². The Balaban J connectivity index is 1.71. The zero-order valence-corrected chi connectivity index (χ0v) is 23.5. The fraction of sp³-hybridized carbons (Fsp3) is 0.567. The Labute approximate surface area is 226 Å². The summed E-state index contributed by atoms with van der Waals surface area (Å²) in [5, 5.41) is 11.6. The van der Waals surface area contributed by atoms with E-state index in [9.17, 15) is 14.4 Å². The fourth-order valence-electron chi connectivity index (χ4n) is 4.73. The fourth-order valence-corrected chi connectivity index (χ4v) is 4.73. The lowest BCUT2D eigenvalue weighted by Crippen LogP contribution is -2.56. The Hall–Kier alpha value is -2.97. The molecular formula is C30H44N4O4. The Morgan fingerprint density at radius 1 is 1.08 bits per heavy atom. The molecule has 0 saturated carbocycles. The summed E-state index contributed by atoms with van der Waals surface area (Å²) in [6.45, 7) is 10.5. The first kappa shape index (κ1) is 29.6. The van der Waals surface area contributed by atoms with Crippen LogP contribution in [0.1, 0.15) is 52.5 Å². The molecule has 3 N–H and O–H groups in total. The number of rotatable bonds is 13. The van der Waals surface area contributed by atoms with E-state index >= 15 is 0 Å². The molecule has 1 aliphatic rings. The van der Waals surface area contributed by atoms with E-state index in [1.807, 2.05) is 36.4 Å². The van der Waals surface area contributed by atoms with Crippen LogP contribution in [-0.4, -0.2) is 73.6 Å². The molecule has 0 radical (unpaired) electrons. The molecule has 1 unspecified atom stereocenters. The summed E-state index contributed by atoms with van der Waals surface area (Å²) in [7, 11) is 1.49. The molecule has 2 aromatic carbocycles. The van der Waals surface area contributed by atoms with Gasteiger partial charge in [0.2, 0.25) is 11.8 Å². The van der Waals surface area contributed by atoms with Gasteiger partial charge in [0.05, 0.1) is 0 Å². The summed E-state index contributed by atoms with van der Waals surface area (Å²) in [4.78, 5) is 41.4. The highest BCUT2D eigenvalue weighted by atomic mass is 16.5. The molecule has 2 aromatic rings. The highest BCUT2D eigenvalue weighted by molar-refractivity contribution is 5.94. The van der Waals surface area contributed by atoms with Gasteiger partial charge in [-0.2, -0.15) is 0 Å². The van der Waals surface area contributed by atoms with Gasteiger partial charge in [-0.15, -0.1) is 0 Å². The Kier molecular flexibility index (Phi) is 10.7. The van der Waals surface area contributed by atoms with Crippen molar-refractivity contribution in [2.45, 2.75) is 71.1 Å². The van der Waals surface area contributed by atoms with E-state index < -0.39 is 17.7 Å². The van der Waals surface area contributed by atoms with Crippen LogP contribution in [-0.2, 0) is 25.5 Å². The Morgan fingerprint density at radius 2 is 1.82 bits per heavy atom. The first-order valence-electron chi connectivity index (χ1n) is 13.7. The number of benzene rings is 2. The second-order valence-corrected chi connectivity index (χ2v) is 11.1. The van der Waals surface area contributed by atoms with Crippen LogP contribution in [0.5, 0.6) is 0 Å². The van der Waals surface area contributed by atoms with Crippen LogP contribution in [0.2, 0.25) is 0 Å². The predicted octanol–water partition coefficient (Wildman–Crippen LogP) is 3.04. The maximum absolute atomic E-state index is 13.4. The molecule has 0 aliphatic carbocycles. The number of carbonyl (C=O) groups is 3. The number of methoxy groups -OCH3 is 1. The molecule has 8 heteroatoms. The van der Waals surface area contributed by atoms with E-state index in [1.165, 1.54) is 7.11 Å².